The van der Waals surface area contributed by atoms with E-state index in [1.807, 2.05) is 24.3 Å². The van der Waals surface area contributed by atoms with Gasteiger partial charge in [-0.2, -0.15) is 0 Å². The molecule has 0 aliphatic heterocycles. The number of carbonyl (C=O) groups is 2. The predicted octanol–water partition coefficient (Wildman–Crippen LogP) is 2.19. The largest absolute Gasteiger partial charge is 0.480 e. The van der Waals surface area contributed by atoms with Crippen molar-refractivity contribution in [2.24, 2.45) is 0 Å². The van der Waals surface area contributed by atoms with Gasteiger partial charge >= 0.3 is 11.9 Å². The smallest absolute Gasteiger partial charge is 0.325 e. The predicted molar refractivity (Wildman–Crippen MR) is 69.2 cm³/mol. The van der Waals surface area contributed by atoms with E-state index in [0.717, 1.165) is 16.3 Å². The number of benzene rings is 2. The van der Waals surface area contributed by atoms with Crippen molar-refractivity contribution in [3.8, 4) is 0 Å². The molecular formula is C15H12O4. The second kappa shape index (κ2) is 3.82. The summed E-state index contributed by atoms with van der Waals surface area (Å²) < 4.78 is 0. The molecule has 0 bridgehead atoms. The third-order valence-electron chi connectivity index (χ3n) is 3.94. The Morgan fingerprint density at radius 3 is 2.37 bits per heavy atom. The van der Waals surface area contributed by atoms with Gasteiger partial charge in [-0.25, -0.2) is 0 Å². The molecule has 0 amide bonds. The molecule has 2 N–H and O–H groups in total. The molecule has 0 aromatic heterocycles. The normalized spacial score (nSPS) is 16.2. The van der Waals surface area contributed by atoms with Crippen molar-refractivity contribution in [1.82, 2.24) is 0 Å². The molecule has 1 aliphatic rings. The van der Waals surface area contributed by atoms with E-state index in [9.17, 15) is 19.8 Å². The Labute approximate surface area is 109 Å². The van der Waals surface area contributed by atoms with E-state index < -0.39 is 17.4 Å². The van der Waals surface area contributed by atoms with Crippen molar-refractivity contribution in [3.05, 3.63) is 47.5 Å². The Kier molecular flexibility index (Phi) is 2.35. The number of rotatable bonds is 2. The number of carboxylic acid groups (broad SMARTS) is 2. The topological polar surface area (TPSA) is 74.6 Å². The number of hydrogen-bond acceptors (Lipinski definition) is 2. The van der Waals surface area contributed by atoms with Gasteiger partial charge in [-0.05, 0) is 34.7 Å². The molecule has 0 radical (unpaired) electrons. The maximum atomic E-state index is 11.6. The van der Waals surface area contributed by atoms with Gasteiger partial charge in [0, 0.05) is 0 Å². The summed E-state index contributed by atoms with van der Waals surface area (Å²) in [5.74, 6) is -2.56. The minimum atomic E-state index is -1.81. The molecule has 0 fully saturated rings. The van der Waals surface area contributed by atoms with Crippen molar-refractivity contribution < 1.29 is 19.8 Å². The molecule has 0 spiro atoms. The van der Waals surface area contributed by atoms with E-state index in [4.69, 9.17) is 0 Å². The van der Waals surface area contributed by atoms with E-state index in [2.05, 4.69) is 0 Å². The van der Waals surface area contributed by atoms with Crippen LogP contribution in [0.5, 0.6) is 0 Å². The lowest BCUT2D eigenvalue weighted by Gasteiger charge is -2.21. The first-order valence-corrected chi connectivity index (χ1v) is 6.05. The lowest BCUT2D eigenvalue weighted by molar-refractivity contribution is -0.157. The first kappa shape index (κ1) is 11.7. The molecule has 2 aromatic rings. The van der Waals surface area contributed by atoms with Gasteiger partial charge in [-0.15, -0.1) is 0 Å². The highest BCUT2D eigenvalue weighted by Crippen LogP contribution is 2.43. The molecule has 4 nitrogen and oxygen atoms in total. The summed E-state index contributed by atoms with van der Waals surface area (Å²) >= 11 is 0. The van der Waals surface area contributed by atoms with Crippen LogP contribution < -0.4 is 0 Å². The van der Waals surface area contributed by atoms with Crippen LogP contribution in [-0.4, -0.2) is 22.2 Å². The van der Waals surface area contributed by atoms with Crippen LogP contribution in [0.15, 0.2) is 36.4 Å². The quantitative estimate of drug-likeness (QED) is 0.808. The maximum absolute atomic E-state index is 11.6. The molecule has 0 unspecified atom stereocenters. The van der Waals surface area contributed by atoms with Gasteiger partial charge in [0.05, 0.1) is 0 Å². The molecule has 1 aliphatic carbocycles. The fraction of sp³-hybridized carbons (Fsp3) is 0.200. The van der Waals surface area contributed by atoms with Gasteiger partial charge in [0.25, 0.3) is 0 Å². The Morgan fingerprint density at radius 2 is 1.68 bits per heavy atom. The third kappa shape index (κ3) is 1.40. The summed E-state index contributed by atoms with van der Waals surface area (Å²) in [7, 11) is 0. The van der Waals surface area contributed by atoms with E-state index in [0.29, 0.717) is 12.0 Å². The number of hydrogen-bond donors (Lipinski definition) is 2. The van der Waals surface area contributed by atoms with Crippen LogP contribution in [0.25, 0.3) is 10.8 Å². The Hall–Kier alpha value is -2.36. The zero-order valence-corrected chi connectivity index (χ0v) is 10.1. The SMILES string of the molecule is O=C(O)C1(C(=O)O)CCc2ccc3ccccc3c21. The average Bonchev–Trinajstić information content (AvgIpc) is 2.79. The van der Waals surface area contributed by atoms with Crippen molar-refractivity contribution in [2.75, 3.05) is 0 Å². The maximum Gasteiger partial charge on any atom is 0.325 e. The average molecular weight is 256 g/mol. The molecule has 0 saturated carbocycles. The molecule has 3 rings (SSSR count). The van der Waals surface area contributed by atoms with E-state index >= 15 is 0 Å². The number of aliphatic carboxylic acids is 2. The zero-order chi connectivity index (χ0) is 13.6. The van der Waals surface area contributed by atoms with Crippen molar-refractivity contribution in [3.63, 3.8) is 0 Å². The molecular weight excluding hydrogens is 244 g/mol. The van der Waals surface area contributed by atoms with Crippen molar-refractivity contribution >= 4 is 22.7 Å². The van der Waals surface area contributed by atoms with Crippen LogP contribution in [0.3, 0.4) is 0 Å². The first-order valence-electron chi connectivity index (χ1n) is 6.05. The minimum absolute atomic E-state index is 0.112. The first-order chi connectivity index (χ1) is 9.07. The summed E-state index contributed by atoms with van der Waals surface area (Å²) in [5.41, 5.74) is -0.537. The van der Waals surface area contributed by atoms with Crippen LogP contribution >= 0.6 is 0 Å². The van der Waals surface area contributed by atoms with Gasteiger partial charge in [0.15, 0.2) is 5.41 Å². The Balaban J connectivity index is 2.43. The molecule has 2 aromatic carbocycles. The van der Waals surface area contributed by atoms with Gasteiger partial charge in [0.2, 0.25) is 0 Å². The highest BCUT2D eigenvalue weighted by atomic mass is 16.4. The molecule has 4 heteroatoms. The second-order valence-electron chi connectivity index (χ2n) is 4.84. The molecule has 0 saturated heterocycles. The molecule has 0 atom stereocenters. The molecule has 0 heterocycles. The summed E-state index contributed by atoms with van der Waals surface area (Å²) in [5, 5.41) is 20.5. The fourth-order valence-corrected chi connectivity index (χ4v) is 3.00. The summed E-state index contributed by atoms with van der Waals surface area (Å²) in [6.45, 7) is 0. The van der Waals surface area contributed by atoms with Gasteiger partial charge in [-0.1, -0.05) is 36.4 Å². The van der Waals surface area contributed by atoms with Crippen LogP contribution in [-0.2, 0) is 21.4 Å². The summed E-state index contributed by atoms with van der Waals surface area (Å²) in [6.07, 6.45) is 0.597. The van der Waals surface area contributed by atoms with Crippen LogP contribution in [0.2, 0.25) is 0 Å². The molecule has 19 heavy (non-hydrogen) atoms. The Morgan fingerprint density at radius 1 is 1.00 bits per heavy atom. The number of carboxylic acids is 2. The minimum Gasteiger partial charge on any atom is -0.480 e. The summed E-state index contributed by atoms with van der Waals surface area (Å²) in [6, 6.07) is 11.1. The van der Waals surface area contributed by atoms with Gasteiger partial charge < -0.3 is 10.2 Å². The van der Waals surface area contributed by atoms with Crippen LogP contribution in [0, 0.1) is 0 Å². The second-order valence-corrected chi connectivity index (χ2v) is 4.84. The standard InChI is InChI=1S/C15H12O4/c16-13(17)15(14(18)19)8-7-10-6-5-9-3-1-2-4-11(9)12(10)15/h1-6H,7-8H2,(H,16,17)(H,18,19). The van der Waals surface area contributed by atoms with Crippen molar-refractivity contribution in [2.45, 2.75) is 18.3 Å². The van der Waals surface area contributed by atoms with Crippen LogP contribution in [0.4, 0.5) is 0 Å². The lowest BCUT2D eigenvalue weighted by atomic mass is 9.79. The van der Waals surface area contributed by atoms with Crippen LogP contribution in [0.1, 0.15) is 17.5 Å². The highest BCUT2D eigenvalue weighted by Gasteiger charge is 2.53. The van der Waals surface area contributed by atoms with E-state index in [1.165, 1.54) is 0 Å². The monoisotopic (exact) mass is 256 g/mol. The zero-order valence-electron chi connectivity index (χ0n) is 10.1. The highest BCUT2D eigenvalue weighted by molar-refractivity contribution is 6.10. The van der Waals surface area contributed by atoms with Gasteiger partial charge in [0.1, 0.15) is 0 Å². The number of aryl methyl sites for hydroxylation is 1. The number of fused-ring (bicyclic) bond motifs is 3. The third-order valence-corrected chi connectivity index (χ3v) is 3.94. The van der Waals surface area contributed by atoms with E-state index in [-0.39, 0.29) is 6.42 Å². The fourth-order valence-electron chi connectivity index (χ4n) is 3.00. The van der Waals surface area contributed by atoms with Gasteiger partial charge in [-0.3, -0.25) is 9.59 Å². The Bertz CT molecular complexity index is 688. The van der Waals surface area contributed by atoms with E-state index in [1.54, 1.807) is 12.1 Å². The van der Waals surface area contributed by atoms with Crippen molar-refractivity contribution in [1.29, 1.82) is 0 Å². The summed E-state index contributed by atoms with van der Waals surface area (Å²) in [4.78, 5) is 23.2. The molecule has 96 valence electrons. The lowest BCUT2D eigenvalue weighted by Crippen LogP contribution is -2.41.